The SMILES string of the molecule is O=C1CC(=O)N(c2ccc3[nH]cnc3c2)C1C1CC(F)=CC(F)=C1F. The van der Waals surface area contributed by atoms with Crippen LogP contribution in [0.25, 0.3) is 11.0 Å². The maximum Gasteiger partial charge on any atom is 0.235 e. The van der Waals surface area contributed by atoms with Crippen LogP contribution in [0.4, 0.5) is 18.9 Å². The average Bonchev–Trinajstić information content (AvgIpc) is 3.13. The number of nitrogens with one attached hydrogen (secondary N) is 1. The maximum absolute atomic E-state index is 14.2. The predicted molar refractivity (Wildman–Crippen MR) is 83.5 cm³/mol. The van der Waals surface area contributed by atoms with Gasteiger partial charge in [0, 0.05) is 24.1 Å². The highest BCUT2D eigenvalue weighted by atomic mass is 19.2. The van der Waals surface area contributed by atoms with Gasteiger partial charge in [-0.3, -0.25) is 9.59 Å². The predicted octanol–water partition coefficient (Wildman–Crippen LogP) is 3.26. The molecule has 1 aromatic heterocycles. The second-order valence-electron chi connectivity index (χ2n) is 6.05. The van der Waals surface area contributed by atoms with E-state index in [-0.39, 0.29) is 0 Å². The summed E-state index contributed by atoms with van der Waals surface area (Å²) in [5.41, 5.74) is 1.62. The summed E-state index contributed by atoms with van der Waals surface area (Å²) in [7, 11) is 0. The van der Waals surface area contributed by atoms with E-state index in [2.05, 4.69) is 9.97 Å². The number of benzene rings is 1. The summed E-state index contributed by atoms with van der Waals surface area (Å²) in [5, 5.41) is 0. The first-order valence-electron chi connectivity index (χ1n) is 7.65. The first kappa shape index (κ1) is 15.6. The van der Waals surface area contributed by atoms with E-state index >= 15 is 0 Å². The number of carbonyl (C=O) groups excluding carboxylic acids is 2. The number of imidazole rings is 1. The fraction of sp³-hybridized carbons (Fsp3) is 0.235. The Balaban J connectivity index is 1.78. The molecule has 5 nitrogen and oxygen atoms in total. The Morgan fingerprint density at radius 1 is 1.20 bits per heavy atom. The van der Waals surface area contributed by atoms with Crippen molar-refractivity contribution in [1.82, 2.24) is 9.97 Å². The number of hydrogen-bond acceptors (Lipinski definition) is 3. The lowest BCUT2D eigenvalue weighted by molar-refractivity contribution is -0.122. The van der Waals surface area contributed by atoms with Crippen LogP contribution in [0.1, 0.15) is 12.8 Å². The molecule has 0 spiro atoms. The third kappa shape index (κ3) is 2.45. The van der Waals surface area contributed by atoms with Crippen LogP contribution in [0, 0.1) is 5.92 Å². The number of aromatic nitrogens is 2. The molecular formula is C17H12F3N3O2. The third-order valence-corrected chi connectivity index (χ3v) is 4.52. The first-order valence-corrected chi connectivity index (χ1v) is 7.65. The summed E-state index contributed by atoms with van der Waals surface area (Å²) in [5.74, 6) is -5.88. The highest BCUT2D eigenvalue weighted by Gasteiger charge is 2.47. The quantitative estimate of drug-likeness (QED) is 0.848. The van der Waals surface area contributed by atoms with E-state index in [1.54, 1.807) is 18.2 Å². The fourth-order valence-electron chi connectivity index (χ4n) is 3.41. The highest BCUT2D eigenvalue weighted by molar-refractivity contribution is 6.17. The maximum atomic E-state index is 14.2. The van der Waals surface area contributed by atoms with Gasteiger partial charge in [0.05, 0.1) is 23.8 Å². The smallest absolute Gasteiger partial charge is 0.235 e. The van der Waals surface area contributed by atoms with E-state index in [1.807, 2.05) is 0 Å². The molecule has 0 saturated carbocycles. The Morgan fingerprint density at radius 3 is 2.80 bits per heavy atom. The fourth-order valence-corrected chi connectivity index (χ4v) is 3.41. The number of hydrogen-bond donors (Lipinski definition) is 1. The molecule has 1 saturated heterocycles. The van der Waals surface area contributed by atoms with Crippen molar-refractivity contribution in [1.29, 1.82) is 0 Å². The molecule has 1 aliphatic heterocycles. The number of allylic oxidation sites excluding steroid dienone is 3. The van der Waals surface area contributed by atoms with Crippen LogP contribution >= 0.6 is 0 Å². The standard InChI is InChI=1S/C17H12F3N3O2/c18-8-3-10(16(20)11(19)4-8)17-14(24)6-15(25)23(17)9-1-2-12-13(5-9)22-7-21-12/h1-2,4-5,7,10,17H,3,6H2,(H,21,22). The highest BCUT2D eigenvalue weighted by Crippen LogP contribution is 2.40. The van der Waals surface area contributed by atoms with Gasteiger partial charge in [-0.2, -0.15) is 0 Å². The minimum atomic E-state index is -1.38. The second kappa shape index (κ2) is 5.58. The Bertz CT molecular complexity index is 963. The van der Waals surface area contributed by atoms with E-state index in [0.717, 1.165) is 10.4 Å². The van der Waals surface area contributed by atoms with Gasteiger partial charge in [-0.05, 0) is 18.2 Å². The average molecular weight is 347 g/mol. The Hall–Kier alpha value is -2.90. The van der Waals surface area contributed by atoms with Crippen LogP contribution in [0.2, 0.25) is 0 Å². The van der Waals surface area contributed by atoms with E-state index in [1.165, 1.54) is 6.33 Å². The minimum Gasteiger partial charge on any atom is -0.345 e. The van der Waals surface area contributed by atoms with Crippen LogP contribution < -0.4 is 4.90 Å². The number of nitrogens with zero attached hydrogens (tertiary/aromatic N) is 2. The molecule has 2 aliphatic rings. The molecule has 1 fully saturated rings. The number of carbonyl (C=O) groups is 2. The molecule has 1 amide bonds. The number of anilines is 1. The molecule has 0 radical (unpaired) electrons. The van der Waals surface area contributed by atoms with E-state index in [0.29, 0.717) is 17.3 Å². The van der Waals surface area contributed by atoms with Crippen molar-refractivity contribution in [3.63, 3.8) is 0 Å². The summed E-state index contributed by atoms with van der Waals surface area (Å²) in [4.78, 5) is 32.7. The molecule has 25 heavy (non-hydrogen) atoms. The van der Waals surface area contributed by atoms with Crippen molar-refractivity contribution in [2.24, 2.45) is 5.92 Å². The van der Waals surface area contributed by atoms with Gasteiger partial charge in [0.25, 0.3) is 0 Å². The lowest BCUT2D eigenvalue weighted by Gasteiger charge is -2.30. The lowest BCUT2D eigenvalue weighted by atomic mass is 9.88. The summed E-state index contributed by atoms with van der Waals surface area (Å²) in [6.07, 6.45) is 1.04. The van der Waals surface area contributed by atoms with Gasteiger partial charge in [0.15, 0.2) is 11.6 Å². The van der Waals surface area contributed by atoms with Crippen LogP contribution in [-0.4, -0.2) is 27.7 Å². The van der Waals surface area contributed by atoms with Crippen LogP contribution in [0.3, 0.4) is 0 Å². The van der Waals surface area contributed by atoms with Crippen molar-refractivity contribution in [3.05, 3.63) is 48.1 Å². The lowest BCUT2D eigenvalue weighted by Crippen LogP contribution is -2.42. The molecule has 2 unspecified atom stereocenters. The second-order valence-corrected chi connectivity index (χ2v) is 6.05. The number of H-pyrrole nitrogens is 1. The van der Waals surface area contributed by atoms with Gasteiger partial charge < -0.3 is 9.88 Å². The largest absolute Gasteiger partial charge is 0.345 e. The van der Waals surface area contributed by atoms with Crippen molar-refractivity contribution in [2.75, 3.05) is 4.90 Å². The number of halogens is 3. The molecule has 2 atom stereocenters. The van der Waals surface area contributed by atoms with Gasteiger partial charge in [0.2, 0.25) is 5.91 Å². The van der Waals surface area contributed by atoms with E-state index in [4.69, 9.17) is 0 Å². The number of ketones is 1. The molecule has 1 N–H and O–H groups in total. The summed E-state index contributed by atoms with van der Waals surface area (Å²) in [6.45, 7) is 0. The topological polar surface area (TPSA) is 66.1 Å². The molecule has 128 valence electrons. The Morgan fingerprint density at radius 2 is 2.00 bits per heavy atom. The molecule has 8 heteroatoms. The number of amides is 1. The molecule has 0 bridgehead atoms. The van der Waals surface area contributed by atoms with E-state index in [9.17, 15) is 22.8 Å². The zero-order valence-electron chi connectivity index (χ0n) is 12.8. The van der Waals surface area contributed by atoms with Crippen molar-refractivity contribution < 1.29 is 22.8 Å². The van der Waals surface area contributed by atoms with Crippen molar-refractivity contribution in [3.8, 4) is 0 Å². The van der Waals surface area contributed by atoms with Gasteiger partial charge in [0.1, 0.15) is 17.7 Å². The Kier molecular flexibility index (Phi) is 3.48. The van der Waals surface area contributed by atoms with Crippen molar-refractivity contribution >= 4 is 28.4 Å². The summed E-state index contributed by atoms with van der Waals surface area (Å²) < 4.78 is 41.5. The number of rotatable bonds is 2. The molecule has 2 aromatic rings. The van der Waals surface area contributed by atoms with Gasteiger partial charge >= 0.3 is 0 Å². The number of Topliss-reactive ketones (excluding diaryl/α,β-unsaturated/α-hetero) is 1. The van der Waals surface area contributed by atoms with Crippen molar-refractivity contribution in [2.45, 2.75) is 18.9 Å². The Labute approximate surface area is 139 Å². The van der Waals surface area contributed by atoms with Gasteiger partial charge in [-0.1, -0.05) is 0 Å². The molecule has 2 heterocycles. The van der Waals surface area contributed by atoms with Crippen LogP contribution in [0.15, 0.2) is 48.1 Å². The monoisotopic (exact) mass is 347 g/mol. The van der Waals surface area contributed by atoms with Gasteiger partial charge in [-0.15, -0.1) is 0 Å². The van der Waals surface area contributed by atoms with Crippen LogP contribution in [-0.2, 0) is 9.59 Å². The molecule has 1 aromatic carbocycles. The molecule has 1 aliphatic carbocycles. The normalized spacial score (nSPS) is 24.4. The zero-order valence-corrected chi connectivity index (χ0v) is 12.8. The summed E-state index contributed by atoms with van der Waals surface area (Å²) >= 11 is 0. The zero-order chi connectivity index (χ0) is 17.7. The minimum absolute atomic E-state index is 0.337. The summed E-state index contributed by atoms with van der Waals surface area (Å²) in [6, 6.07) is 3.53. The number of fused-ring (bicyclic) bond motifs is 1. The van der Waals surface area contributed by atoms with Gasteiger partial charge in [-0.25, -0.2) is 18.2 Å². The third-order valence-electron chi connectivity index (χ3n) is 4.52. The van der Waals surface area contributed by atoms with Crippen LogP contribution in [0.5, 0.6) is 0 Å². The first-order chi connectivity index (χ1) is 12.0. The number of aromatic amines is 1. The van der Waals surface area contributed by atoms with E-state index < -0.39 is 54.0 Å². The molecule has 4 rings (SSSR count). The molecular weight excluding hydrogens is 335 g/mol.